The average Bonchev–Trinajstić information content (AvgIpc) is 2.74. The van der Waals surface area contributed by atoms with Crippen LogP contribution in [0.1, 0.15) is 26.6 Å². The maximum Gasteiger partial charge on any atom is 0.163 e. The second kappa shape index (κ2) is 4.87. The number of nitrogens with two attached hydrogens (primary N) is 1. The summed E-state index contributed by atoms with van der Waals surface area (Å²) in [4.78, 5) is 5.20. The van der Waals surface area contributed by atoms with Gasteiger partial charge in [-0.1, -0.05) is 33.0 Å². The molecule has 21 heavy (non-hydrogen) atoms. The maximum absolute atomic E-state index is 5.75. The Morgan fingerprint density at radius 3 is 2.48 bits per heavy atom. The van der Waals surface area contributed by atoms with Crippen LogP contribution >= 0.6 is 12.2 Å². The van der Waals surface area contributed by atoms with Crippen molar-refractivity contribution in [3.8, 4) is 11.5 Å². The topological polar surface area (TPSA) is 62.3 Å². The van der Waals surface area contributed by atoms with Crippen molar-refractivity contribution in [3.05, 3.63) is 18.0 Å². The van der Waals surface area contributed by atoms with Crippen molar-refractivity contribution in [1.82, 2.24) is 9.55 Å². The number of fused-ring (bicyclic) bond motifs is 2. The molecule has 0 spiro atoms. The Bertz CT molecular complexity index is 716. The van der Waals surface area contributed by atoms with Crippen LogP contribution in [-0.2, 0) is 12.0 Å². The SMILES string of the molecule is CC(C)(C)c1nc2cc3c(cc2n1CC(N)=S)OCCO3. The van der Waals surface area contributed by atoms with E-state index in [-0.39, 0.29) is 5.41 Å². The van der Waals surface area contributed by atoms with Gasteiger partial charge in [-0.25, -0.2) is 4.98 Å². The molecule has 0 fully saturated rings. The molecule has 0 saturated carbocycles. The molecular formula is C15H19N3O2S. The van der Waals surface area contributed by atoms with E-state index in [1.807, 2.05) is 12.1 Å². The molecule has 5 nitrogen and oxygen atoms in total. The van der Waals surface area contributed by atoms with Gasteiger partial charge in [-0.3, -0.25) is 0 Å². The molecule has 0 saturated heterocycles. The van der Waals surface area contributed by atoms with Crippen LogP contribution in [-0.4, -0.2) is 27.8 Å². The lowest BCUT2D eigenvalue weighted by atomic mass is 9.95. The van der Waals surface area contributed by atoms with Gasteiger partial charge in [0.25, 0.3) is 0 Å². The molecule has 0 unspecified atom stereocenters. The van der Waals surface area contributed by atoms with E-state index in [9.17, 15) is 0 Å². The molecule has 2 N–H and O–H groups in total. The number of ether oxygens (including phenoxy) is 2. The fraction of sp³-hybridized carbons (Fsp3) is 0.467. The molecule has 0 atom stereocenters. The number of thiocarbonyl (C=S) groups is 1. The van der Waals surface area contributed by atoms with E-state index in [0.717, 1.165) is 28.4 Å². The number of nitrogens with zero attached hydrogens (tertiary/aromatic N) is 2. The molecule has 0 bridgehead atoms. The Hall–Kier alpha value is -1.82. The van der Waals surface area contributed by atoms with Gasteiger partial charge in [0.15, 0.2) is 11.5 Å². The molecule has 0 amide bonds. The second-order valence-corrected chi connectivity index (χ2v) is 6.75. The van der Waals surface area contributed by atoms with Crippen molar-refractivity contribution in [3.63, 3.8) is 0 Å². The van der Waals surface area contributed by atoms with Crippen LogP contribution in [0.25, 0.3) is 11.0 Å². The fourth-order valence-electron chi connectivity index (χ4n) is 2.55. The summed E-state index contributed by atoms with van der Waals surface area (Å²) in [5.74, 6) is 2.44. The summed E-state index contributed by atoms with van der Waals surface area (Å²) in [6, 6.07) is 3.89. The van der Waals surface area contributed by atoms with Crippen LogP contribution in [0.15, 0.2) is 12.1 Å². The van der Waals surface area contributed by atoms with Crippen molar-refractivity contribution in [2.45, 2.75) is 32.7 Å². The Morgan fingerprint density at radius 1 is 1.29 bits per heavy atom. The zero-order valence-corrected chi connectivity index (χ0v) is 13.3. The minimum Gasteiger partial charge on any atom is -0.486 e. The Labute approximate surface area is 129 Å². The van der Waals surface area contributed by atoms with Gasteiger partial charge in [-0.2, -0.15) is 0 Å². The van der Waals surface area contributed by atoms with Crippen molar-refractivity contribution < 1.29 is 9.47 Å². The normalized spacial score (nSPS) is 14.4. The highest BCUT2D eigenvalue weighted by molar-refractivity contribution is 7.80. The van der Waals surface area contributed by atoms with Gasteiger partial charge >= 0.3 is 0 Å². The monoisotopic (exact) mass is 305 g/mol. The van der Waals surface area contributed by atoms with Crippen molar-refractivity contribution in [2.75, 3.05) is 13.2 Å². The molecule has 1 aromatic heterocycles. The molecule has 1 aliphatic rings. The molecular weight excluding hydrogens is 286 g/mol. The summed E-state index contributed by atoms with van der Waals surface area (Å²) < 4.78 is 13.3. The molecule has 0 radical (unpaired) electrons. The number of hydrogen-bond acceptors (Lipinski definition) is 4. The van der Waals surface area contributed by atoms with E-state index in [0.29, 0.717) is 24.7 Å². The average molecular weight is 305 g/mol. The molecule has 112 valence electrons. The molecule has 6 heteroatoms. The summed E-state index contributed by atoms with van der Waals surface area (Å²) in [5, 5.41) is 0. The summed E-state index contributed by atoms with van der Waals surface area (Å²) in [6.45, 7) is 7.97. The summed E-state index contributed by atoms with van der Waals surface area (Å²) in [6.07, 6.45) is 0. The minimum absolute atomic E-state index is 0.105. The van der Waals surface area contributed by atoms with Crippen molar-refractivity contribution in [1.29, 1.82) is 0 Å². The van der Waals surface area contributed by atoms with Crippen LogP contribution in [0.3, 0.4) is 0 Å². The van der Waals surface area contributed by atoms with Crippen LogP contribution < -0.4 is 15.2 Å². The smallest absolute Gasteiger partial charge is 0.163 e. The van der Waals surface area contributed by atoms with E-state index < -0.39 is 0 Å². The molecule has 1 aromatic carbocycles. The van der Waals surface area contributed by atoms with Gasteiger partial charge in [-0.05, 0) is 0 Å². The third-order valence-corrected chi connectivity index (χ3v) is 3.53. The number of rotatable bonds is 2. The largest absolute Gasteiger partial charge is 0.486 e. The Morgan fingerprint density at radius 2 is 1.90 bits per heavy atom. The highest BCUT2D eigenvalue weighted by Gasteiger charge is 2.25. The Balaban J connectivity index is 2.24. The summed E-state index contributed by atoms with van der Waals surface area (Å²) in [5.41, 5.74) is 7.49. The minimum atomic E-state index is -0.105. The highest BCUT2D eigenvalue weighted by atomic mass is 32.1. The van der Waals surface area contributed by atoms with Crippen molar-refractivity contribution >= 4 is 28.2 Å². The zero-order chi connectivity index (χ0) is 15.2. The predicted octanol–water partition coefficient (Wildman–Crippen LogP) is 2.39. The van der Waals surface area contributed by atoms with Gasteiger partial charge in [0.05, 0.1) is 22.6 Å². The number of imidazole rings is 1. The van der Waals surface area contributed by atoms with E-state index in [1.54, 1.807) is 0 Å². The lowest BCUT2D eigenvalue weighted by Crippen LogP contribution is -2.24. The third kappa shape index (κ3) is 2.55. The lowest BCUT2D eigenvalue weighted by Gasteiger charge is -2.20. The molecule has 1 aliphatic heterocycles. The number of aromatic nitrogens is 2. The van der Waals surface area contributed by atoms with Crippen LogP contribution in [0.5, 0.6) is 11.5 Å². The quantitative estimate of drug-likeness (QED) is 0.863. The first-order valence-electron chi connectivity index (χ1n) is 6.95. The van der Waals surface area contributed by atoms with E-state index in [2.05, 4.69) is 25.3 Å². The lowest BCUT2D eigenvalue weighted by molar-refractivity contribution is 0.172. The standard InChI is InChI=1S/C15H19N3O2S/c1-15(2,3)14-17-9-6-11-12(20-5-4-19-11)7-10(9)18(14)8-13(16)21/h6-7H,4-5,8H2,1-3H3,(H2,16,21). The van der Waals surface area contributed by atoms with Crippen molar-refractivity contribution in [2.24, 2.45) is 5.73 Å². The van der Waals surface area contributed by atoms with Gasteiger partial charge in [0.1, 0.15) is 19.0 Å². The molecule has 0 aliphatic carbocycles. The van der Waals surface area contributed by atoms with Crippen LogP contribution in [0.4, 0.5) is 0 Å². The summed E-state index contributed by atoms with van der Waals surface area (Å²) in [7, 11) is 0. The Kier molecular flexibility index (Phi) is 3.28. The first kappa shape index (κ1) is 14.1. The maximum atomic E-state index is 5.75. The number of benzene rings is 1. The van der Waals surface area contributed by atoms with E-state index in [4.69, 9.17) is 32.4 Å². The summed E-state index contributed by atoms with van der Waals surface area (Å²) >= 11 is 5.08. The fourth-order valence-corrected chi connectivity index (χ4v) is 2.68. The first-order chi connectivity index (χ1) is 9.86. The van der Waals surface area contributed by atoms with Gasteiger partial charge < -0.3 is 19.8 Å². The highest BCUT2D eigenvalue weighted by Crippen LogP contribution is 2.36. The second-order valence-electron chi connectivity index (χ2n) is 6.22. The van der Waals surface area contributed by atoms with E-state index in [1.165, 1.54) is 0 Å². The van der Waals surface area contributed by atoms with Gasteiger partial charge in [-0.15, -0.1) is 0 Å². The molecule has 3 rings (SSSR count). The molecule has 2 heterocycles. The predicted molar refractivity (Wildman–Crippen MR) is 86.2 cm³/mol. The zero-order valence-electron chi connectivity index (χ0n) is 12.5. The van der Waals surface area contributed by atoms with E-state index >= 15 is 0 Å². The van der Waals surface area contributed by atoms with Crippen LogP contribution in [0.2, 0.25) is 0 Å². The third-order valence-electron chi connectivity index (χ3n) is 3.40. The van der Waals surface area contributed by atoms with Gasteiger partial charge in [0.2, 0.25) is 0 Å². The number of hydrogen-bond donors (Lipinski definition) is 1. The van der Waals surface area contributed by atoms with Gasteiger partial charge in [0, 0.05) is 17.5 Å². The first-order valence-corrected chi connectivity index (χ1v) is 7.36. The van der Waals surface area contributed by atoms with Crippen LogP contribution in [0, 0.1) is 0 Å². The molecule has 2 aromatic rings.